The van der Waals surface area contributed by atoms with Crippen molar-refractivity contribution in [2.24, 2.45) is 0 Å². The number of thioether (sulfide) groups is 1. The molecule has 120 valence electrons. The molecule has 0 amide bonds. The molecule has 22 heavy (non-hydrogen) atoms. The number of hydrogen-bond acceptors (Lipinski definition) is 5. The molecule has 1 N–H and O–H groups in total. The second-order valence-corrected chi connectivity index (χ2v) is 7.19. The summed E-state index contributed by atoms with van der Waals surface area (Å²) in [6, 6.07) is 7.24. The fourth-order valence-corrected chi connectivity index (χ4v) is 3.46. The van der Waals surface area contributed by atoms with Crippen LogP contribution in [0.4, 0.5) is 0 Å². The SMILES string of the molecule is COC(C)SC(C)C(O)(Cn1cncn1)c1ccc(Cl)cc1. The Labute approximate surface area is 139 Å². The topological polar surface area (TPSA) is 60.2 Å². The normalized spacial score (nSPS) is 17.0. The lowest BCUT2D eigenvalue weighted by Crippen LogP contribution is -2.41. The number of benzene rings is 1. The van der Waals surface area contributed by atoms with Crippen LogP contribution in [0, 0.1) is 0 Å². The molecule has 3 unspecified atom stereocenters. The second-order valence-electron chi connectivity index (χ2n) is 5.11. The van der Waals surface area contributed by atoms with E-state index in [1.54, 1.807) is 42.0 Å². The molecule has 2 aromatic rings. The van der Waals surface area contributed by atoms with Gasteiger partial charge < -0.3 is 9.84 Å². The molecule has 5 nitrogen and oxygen atoms in total. The van der Waals surface area contributed by atoms with E-state index in [1.165, 1.54) is 6.33 Å². The molecule has 0 fully saturated rings. The van der Waals surface area contributed by atoms with Crippen LogP contribution in [0.2, 0.25) is 5.02 Å². The van der Waals surface area contributed by atoms with E-state index in [0.717, 1.165) is 5.56 Å². The van der Waals surface area contributed by atoms with Crippen LogP contribution in [0.1, 0.15) is 19.4 Å². The van der Waals surface area contributed by atoms with Gasteiger partial charge in [-0.3, -0.25) is 0 Å². The first kappa shape index (κ1) is 17.3. The number of aromatic nitrogens is 3. The van der Waals surface area contributed by atoms with E-state index >= 15 is 0 Å². The summed E-state index contributed by atoms with van der Waals surface area (Å²) in [4.78, 5) is 3.94. The van der Waals surface area contributed by atoms with Gasteiger partial charge in [-0.15, -0.1) is 11.8 Å². The number of ether oxygens (including phenoxy) is 1. The third-order valence-electron chi connectivity index (χ3n) is 3.61. The van der Waals surface area contributed by atoms with Gasteiger partial charge in [-0.1, -0.05) is 23.7 Å². The van der Waals surface area contributed by atoms with Crippen molar-refractivity contribution in [2.75, 3.05) is 7.11 Å². The molecule has 2 rings (SSSR count). The van der Waals surface area contributed by atoms with Crippen molar-refractivity contribution in [1.29, 1.82) is 0 Å². The molecule has 0 spiro atoms. The van der Waals surface area contributed by atoms with E-state index in [2.05, 4.69) is 10.1 Å². The number of rotatable bonds is 7. The zero-order chi connectivity index (χ0) is 16.2. The number of nitrogens with zero attached hydrogens (tertiary/aromatic N) is 3. The van der Waals surface area contributed by atoms with E-state index < -0.39 is 5.60 Å². The summed E-state index contributed by atoms with van der Waals surface area (Å²) in [5, 5.41) is 16.0. The van der Waals surface area contributed by atoms with Crippen molar-refractivity contribution < 1.29 is 9.84 Å². The zero-order valence-corrected chi connectivity index (χ0v) is 14.4. The van der Waals surface area contributed by atoms with Gasteiger partial charge in [0.1, 0.15) is 18.3 Å². The summed E-state index contributed by atoms with van der Waals surface area (Å²) in [6.07, 6.45) is 3.05. The highest BCUT2D eigenvalue weighted by Crippen LogP contribution is 2.36. The summed E-state index contributed by atoms with van der Waals surface area (Å²) in [7, 11) is 1.66. The van der Waals surface area contributed by atoms with Crippen molar-refractivity contribution in [3.8, 4) is 0 Å². The molecule has 1 heterocycles. The summed E-state index contributed by atoms with van der Waals surface area (Å²) in [5.74, 6) is 0. The third-order valence-corrected chi connectivity index (χ3v) is 5.24. The van der Waals surface area contributed by atoms with E-state index in [9.17, 15) is 5.11 Å². The van der Waals surface area contributed by atoms with Gasteiger partial charge >= 0.3 is 0 Å². The van der Waals surface area contributed by atoms with Crippen molar-refractivity contribution >= 4 is 23.4 Å². The fraction of sp³-hybridized carbons (Fsp3) is 0.467. The highest BCUT2D eigenvalue weighted by molar-refractivity contribution is 8.00. The second kappa shape index (κ2) is 7.46. The summed E-state index contributed by atoms with van der Waals surface area (Å²) >= 11 is 7.52. The average molecular weight is 342 g/mol. The summed E-state index contributed by atoms with van der Waals surface area (Å²) in [6.45, 7) is 4.24. The molecule has 0 aliphatic rings. The van der Waals surface area contributed by atoms with Crippen LogP contribution in [-0.4, -0.2) is 37.7 Å². The predicted molar refractivity (Wildman–Crippen MR) is 88.9 cm³/mol. The number of halogens is 1. The van der Waals surface area contributed by atoms with Crippen LogP contribution in [0.25, 0.3) is 0 Å². The molecule has 7 heteroatoms. The molecule has 1 aromatic heterocycles. The van der Waals surface area contributed by atoms with Gasteiger partial charge in [0.2, 0.25) is 0 Å². The lowest BCUT2D eigenvalue weighted by molar-refractivity contribution is 0.0158. The number of aliphatic hydroxyl groups is 1. The van der Waals surface area contributed by atoms with Crippen molar-refractivity contribution in [2.45, 2.75) is 36.7 Å². The Morgan fingerprint density at radius 1 is 1.36 bits per heavy atom. The first-order chi connectivity index (χ1) is 10.5. The van der Waals surface area contributed by atoms with Crippen molar-refractivity contribution in [1.82, 2.24) is 14.8 Å². The fourth-order valence-electron chi connectivity index (χ4n) is 2.21. The van der Waals surface area contributed by atoms with Crippen LogP contribution in [0.3, 0.4) is 0 Å². The van der Waals surface area contributed by atoms with Crippen LogP contribution < -0.4 is 0 Å². The van der Waals surface area contributed by atoms with Crippen molar-refractivity contribution in [3.63, 3.8) is 0 Å². The molecular formula is C15H20ClN3O2S. The van der Waals surface area contributed by atoms with Crippen molar-refractivity contribution in [3.05, 3.63) is 47.5 Å². The maximum absolute atomic E-state index is 11.4. The Kier molecular flexibility index (Phi) is 5.86. The minimum Gasteiger partial charge on any atom is -0.382 e. The van der Waals surface area contributed by atoms with Crippen LogP contribution in [-0.2, 0) is 16.9 Å². The lowest BCUT2D eigenvalue weighted by Gasteiger charge is -2.35. The van der Waals surface area contributed by atoms with Crippen LogP contribution in [0.5, 0.6) is 0 Å². The maximum Gasteiger partial charge on any atom is 0.137 e. The highest BCUT2D eigenvalue weighted by Gasteiger charge is 2.38. The molecule has 0 saturated carbocycles. The zero-order valence-electron chi connectivity index (χ0n) is 12.8. The van der Waals surface area contributed by atoms with Gasteiger partial charge in [0, 0.05) is 17.4 Å². The van der Waals surface area contributed by atoms with E-state index in [4.69, 9.17) is 16.3 Å². The van der Waals surface area contributed by atoms with Gasteiger partial charge in [-0.05, 0) is 31.5 Å². The molecule has 0 saturated heterocycles. The Morgan fingerprint density at radius 2 is 2.05 bits per heavy atom. The minimum absolute atomic E-state index is 0.0235. The molecule has 1 aromatic carbocycles. The van der Waals surface area contributed by atoms with Gasteiger partial charge in [-0.25, -0.2) is 9.67 Å². The van der Waals surface area contributed by atoms with E-state index in [-0.39, 0.29) is 10.7 Å². The van der Waals surface area contributed by atoms with Gasteiger partial charge in [-0.2, -0.15) is 5.10 Å². The third kappa shape index (κ3) is 4.01. The van der Waals surface area contributed by atoms with Gasteiger partial charge in [0.15, 0.2) is 0 Å². The van der Waals surface area contributed by atoms with E-state index in [0.29, 0.717) is 11.6 Å². The summed E-state index contributed by atoms with van der Waals surface area (Å²) < 4.78 is 6.93. The van der Waals surface area contributed by atoms with E-state index in [1.807, 2.05) is 26.0 Å². The van der Waals surface area contributed by atoms with Crippen LogP contribution in [0.15, 0.2) is 36.9 Å². The predicted octanol–water partition coefficient (Wildman–Crippen LogP) is 2.93. The first-order valence-corrected chi connectivity index (χ1v) is 8.27. The largest absolute Gasteiger partial charge is 0.382 e. The molecule has 0 aliphatic heterocycles. The lowest BCUT2D eigenvalue weighted by atomic mass is 9.90. The number of hydrogen-bond donors (Lipinski definition) is 1. The minimum atomic E-state index is -1.12. The maximum atomic E-state index is 11.4. The Bertz CT molecular complexity index is 579. The average Bonchev–Trinajstić information content (AvgIpc) is 3.00. The molecule has 0 bridgehead atoms. The Balaban J connectivity index is 2.32. The number of methoxy groups -OCH3 is 1. The van der Waals surface area contributed by atoms with Gasteiger partial charge in [0.25, 0.3) is 0 Å². The quantitative estimate of drug-likeness (QED) is 0.785. The molecule has 0 radical (unpaired) electrons. The monoisotopic (exact) mass is 341 g/mol. The first-order valence-electron chi connectivity index (χ1n) is 6.95. The summed E-state index contributed by atoms with van der Waals surface area (Å²) in [5.41, 5.74) is -0.351. The van der Waals surface area contributed by atoms with Gasteiger partial charge in [0.05, 0.1) is 12.0 Å². The highest BCUT2D eigenvalue weighted by atomic mass is 35.5. The molecule has 0 aliphatic carbocycles. The van der Waals surface area contributed by atoms with Crippen LogP contribution >= 0.6 is 23.4 Å². The standard InChI is InChI=1S/C15H20ClN3O2S/c1-11(22-12(2)21-3)15(20,8-19-10-17-9-18-19)13-4-6-14(16)7-5-13/h4-7,9-12,20H,8H2,1-3H3. The Hall–Kier alpha value is -1.08. The molecular weight excluding hydrogens is 322 g/mol. The smallest absolute Gasteiger partial charge is 0.137 e. The Morgan fingerprint density at radius 3 is 2.59 bits per heavy atom. The molecule has 3 atom stereocenters.